The number of halogens is 1. The van der Waals surface area contributed by atoms with E-state index in [2.05, 4.69) is 79.2 Å². The minimum Gasteiger partial charge on any atom is -0.327 e. The molecule has 2 N–H and O–H groups in total. The molecular weight excluding hydrogens is 322 g/mol. The van der Waals surface area contributed by atoms with E-state index in [1.165, 1.54) is 16.7 Å². The van der Waals surface area contributed by atoms with Crippen molar-refractivity contribution in [1.82, 2.24) is 0 Å². The van der Waals surface area contributed by atoms with Crippen LogP contribution in [-0.4, -0.2) is 6.04 Å². The summed E-state index contributed by atoms with van der Waals surface area (Å²) < 4.78 is 1.11. The van der Waals surface area contributed by atoms with Gasteiger partial charge in [-0.1, -0.05) is 73.1 Å². The quantitative estimate of drug-likeness (QED) is 0.841. The second-order valence-electron chi connectivity index (χ2n) is 6.75. The van der Waals surface area contributed by atoms with Crippen molar-refractivity contribution in [2.24, 2.45) is 5.73 Å². The molecule has 0 aromatic heterocycles. The summed E-state index contributed by atoms with van der Waals surface area (Å²) in [5.74, 6) is 0. The van der Waals surface area contributed by atoms with Gasteiger partial charge in [0.05, 0.1) is 0 Å². The van der Waals surface area contributed by atoms with Gasteiger partial charge >= 0.3 is 0 Å². The van der Waals surface area contributed by atoms with Gasteiger partial charge in [-0.05, 0) is 47.1 Å². The van der Waals surface area contributed by atoms with E-state index in [9.17, 15) is 0 Å². The zero-order chi connectivity index (χ0) is 15.5. The number of hydrogen-bond donors (Lipinski definition) is 1. The number of benzene rings is 2. The van der Waals surface area contributed by atoms with E-state index in [1.54, 1.807) is 0 Å². The molecule has 0 spiro atoms. The maximum Gasteiger partial charge on any atom is 0.0178 e. The van der Waals surface area contributed by atoms with E-state index in [4.69, 9.17) is 5.73 Å². The first-order valence-electron chi connectivity index (χ1n) is 7.44. The average Bonchev–Trinajstić information content (AvgIpc) is 2.38. The Bertz CT molecular complexity index is 581. The Morgan fingerprint density at radius 1 is 0.952 bits per heavy atom. The van der Waals surface area contributed by atoms with Crippen LogP contribution in [0.1, 0.15) is 37.5 Å². The van der Waals surface area contributed by atoms with Gasteiger partial charge < -0.3 is 5.73 Å². The molecule has 0 radical (unpaired) electrons. The molecule has 2 rings (SSSR count). The lowest BCUT2D eigenvalue weighted by Crippen LogP contribution is -2.25. The molecule has 1 unspecified atom stereocenters. The second-order valence-corrected chi connectivity index (χ2v) is 7.66. The Labute approximate surface area is 136 Å². The van der Waals surface area contributed by atoms with E-state index in [0.29, 0.717) is 0 Å². The van der Waals surface area contributed by atoms with Crippen molar-refractivity contribution in [1.29, 1.82) is 0 Å². The third-order valence-electron chi connectivity index (χ3n) is 3.70. The van der Waals surface area contributed by atoms with Gasteiger partial charge in [0.2, 0.25) is 0 Å². The van der Waals surface area contributed by atoms with Gasteiger partial charge in [-0.15, -0.1) is 0 Å². The topological polar surface area (TPSA) is 26.0 Å². The molecule has 0 saturated carbocycles. The molecule has 2 heteroatoms. The maximum absolute atomic E-state index is 6.30. The summed E-state index contributed by atoms with van der Waals surface area (Å²) in [6.45, 7) is 6.71. The largest absolute Gasteiger partial charge is 0.327 e. The van der Waals surface area contributed by atoms with Gasteiger partial charge in [0.1, 0.15) is 0 Å². The smallest absolute Gasteiger partial charge is 0.0178 e. The van der Waals surface area contributed by atoms with Crippen molar-refractivity contribution in [3.8, 4) is 0 Å². The molecular formula is C19H24BrN. The fourth-order valence-electron chi connectivity index (χ4n) is 2.48. The predicted octanol–water partition coefficient (Wildman–Crippen LogP) is 4.86. The monoisotopic (exact) mass is 345 g/mol. The average molecular weight is 346 g/mol. The van der Waals surface area contributed by atoms with Crippen molar-refractivity contribution in [3.05, 3.63) is 69.7 Å². The van der Waals surface area contributed by atoms with Gasteiger partial charge in [-0.2, -0.15) is 0 Å². The van der Waals surface area contributed by atoms with Crippen molar-refractivity contribution >= 4 is 15.9 Å². The van der Waals surface area contributed by atoms with E-state index >= 15 is 0 Å². The van der Waals surface area contributed by atoms with Gasteiger partial charge in [-0.3, -0.25) is 0 Å². The summed E-state index contributed by atoms with van der Waals surface area (Å²) in [4.78, 5) is 0. The van der Waals surface area contributed by atoms with Crippen LogP contribution < -0.4 is 5.73 Å². The molecule has 21 heavy (non-hydrogen) atoms. The van der Waals surface area contributed by atoms with Crippen LogP contribution >= 0.6 is 15.9 Å². The first-order chi connectivity index (χ1) is 9.84. The molecule has 0 aliphatic heterocycles. The van der Waals surface area contributed by atoms with Crippen LogP contribution in [-0.2, 0) is 18.3 Å². The fraction of sp³-hybridized carbons (Fsp3) is 0.368. The van der Waals surface area contributed by atoms with E-state index in [1.807, 2.05) is 6.07 Å². The van der Waals surface area contributed by atoms with Crippen LogP contribution in [0.5, 0.6) is 0 Å². The van der Waals surface area contributed by atoms with Crippen LogP contribution in [0.4, 0.5) is 0 Å². The molecule has 0 aliphatic rings. The molecule has 0 aliphatic carbocycles. The lowest BCUT2D eigenvalue weighted by atomic mass is 9.86. The Morgan fingerprint density at radius 2 is 1.57 bits per heavy atom. The van der Waals surface area contributed by atoms with Crippen molar-refractivity contribution in [2.75, 3.05) is 0 Å². The SMILES string of the molecule is CC(C)(C)c1ccc(CC(N)Cc2cccc(Br)c2)cc1. The van der Waals surface area contributed by atoms with Crippen molar-refractivity contribution in [3.63, 3.8) is 0 Å². The van der Waals surface area contributed by atoms with Crippen LogP contribution in [0.3, 0.4) is 0 Å². The van der Waals surface area contributed by atoms with Crippen LogP contribution in [0, 0.1) is 0 Å². The summed E-state index contributed by atoms with van der Waals surface area (Å²) >= 11 is 3.50. The normalized spacial score (nSPS) is 13.2. The molecule has 0 fully saturated rings. The second kappa shape index (κ2) is 6.76. The molecule has 2 aromatic rings. The van der Waals surface area contributed by atoms with Crippen LogP contribution in [0.25, 0.3) is 0 Å². The molecule has 1 atom stereocenters. The number of nitrogens with two attached hydrogens (primary N) is 1. The zero-order valence-corrected chi connectivity index (χ0v) is 14.7. The molecule has 2 aromatic carbocycles. The molecule has 0 amide bonds. The molecule has 0 saturated heterocycles. The summed E-state index contributed by atoms with van der Waals surface area (Å²) in [6.07, 6.45) is 1.82. The van der Waals surface area contributed by atoms with Gasteiger partial charge in [-0.25, -0.2) is 0 Å². The lowest BCUT2D eigenvalue weighted by Gasteiger charge is -2.19. The summed E-state index contributed by atoms with van der Waals surface area (Å²) in [7, 11) is 0. The molecule has 0 bridgehead atoms. The number of rotatable bonds is 4. The van der Waals surface area contributed by atoms with Crippen molar-refractivity contribution in [2.45, 2.75) is 45.1 Å². The van der Waals surface area contributed by atoms with Crippen molar-refractivity contribution < 1.29 is 0 Å². The Balaban J connectivity index is 1.98. The molecule has 1 nitrogen and oxygen atoms in total. The molecule has 0 heterocycles. The predicted molar refractivity (Wildman–Crippen MR) is 94.7 cm³/mol. The van der Waals surface area contributed by atoms with Crippen LogP contribution in [0.2, 0.25) is 0 Å². The third-order valence-corrected chi connectivity index (χ3v) is 4.20. The van der Waals surface area contributed by atoms with Crippen LogP contribution in [0.15, 0.2) is 53.0 Å². The highest BCUT2D eigenvalue weighted by Gasteiger charge is 2.13. The minimum absolute atomic E-state index is 0.153. The summed E-state index contributed by atoms with van der Waals surface area (Å²) in [6, 6.07) is 17.4. The summed E-state index contributed by atoms with van der Waals surface area (Å²) in [5.41, 5.74) is 10.5. The van der Waals surface area contributed by atoms with Gasteiger partial charge in [0.25, 0.3) is 0 Å². The highest BCUT2D eigenvalue weighted by atomic mass is 79.9. The fourth-order valence-corrected chi connectivity index (χ4v) is 2.93. The van der Waals surface area contributed by atoms with E-state index in [0.717, 1.165) is 17.3 Å². The standard InChI is InChI=1S/C19H24BrN/c1-19(2,3)16-9-7-14(8-10-16)12-18(21)13-15-5-4-6-17(20)11-15/h4-11,18H,12-13,21H2,1-3H3. The van der Waals surface area contributed by atoms with E-state index < -0.39 is 0 Å². The Hall–Kier alpha value is -1.12. The first kappa shape index (κ1) is 16.3. The number of hydrogen-bond acceptors (Lipinski definition) is 1. The lowest BCUT2D eigenvalue weighted by molar-refractivity contribution is 0.589. The van der Waals surface area contributed by atoms with Gasteiger partial charge in [0.15, 0.2) is 0 Å². The maximum atomic E-state index is 6.30. The first-order valence-corrected chi connectivity index (χ1v) is 8.23. The highest BCUT2D eigenvalue weighted by molar-refractivity contribution is 9.10. The zero-order valence-electron chi connectivity index (χ0n) is 13.1. The third kappa shape index (κ3) is 4.98. The Kier molecular flexibility index (Phi) is 5.23. The summed E-state index contributed by atoms with van der Waals surface area (Å²) in [5, 5.41) is 0. The molecule has 112 valence electrons. The minimum atomic E-state index is 0.153. The van der Waals surface area contributed by atoms with Gasteiger partial charge in [0, 0.05) is 10.5 Å². The van der Waals surface area contributed by atoms with E-state index in [-0.39, 0.29) is 11.5 Å². The highest BCUT2D eigenvalue weighted by Crippen LogP contribution is 2.22. The Morgan fingerprint density at radius 3 is 2.14 bits per heavy atom.